The van der Waals surface area contributed by atoms with Gasteiger partial charge in [0.2, 0.25) is 10.0 Å². The predicted octanol–water partition coefficient (Wildman–Crippen LogP) is 0.634. The molecule has 9 heteroatoms. The molecule has 0 aromatic heterocycles. The van der Waals surface area contributed by atoms with Crippen molar-refractivity contribution >= 4 is 21.4 Å². The van der Waals surface area contributed by atoms with Crippen molar-refractivity contribution in [2.24, 2.45) is 0 Å². The van der Waals surface area contributed by atoms with Gasteiger partial charge in [-0.1, -0.05) is 0 Å². The van der Waals surface area contributed by atoms with Gasteiger partial charge in [0, 0.05) is 18.4 Å². The van der Waals surface area contributed by atoms with E-state index in [1.165, 1.54) is 6.07 Å². The molecule has 1 aliphatic rings. The first-order valence-corrected chi connectivity index (χ1v) is 7.37. The number of anilines is 1. The van der Waals surface area contributed by atoms with Crippen molar-refractivity contribution in [2.75, 3.05) is 18.9 Å². The predicted molar refractivity (Wildman–Crippen MR) is 71.7 cm³/mol. The van der Waals surface area contributed by atoms with Crippen LogP contribution < -0.4 is 10.5 Å². The van der Waals surface area contributed by atoms with Gasteiger partial charge in [0.25, 0.3) is 5.69 Å². The normalized spacial score (nSPS) is 22.9. The number of nitrogen functional groups attached to an aromatic ring is 1. The summed E-state index contributed by atoms with van der Waals surface area (Å²) in [5.41, 5.74) is 4.40. The summed E-state index contributed by atoms with van der Waals surface area (Å²) in [5.74, 6) is 0. The van der Waals surface area contributed by atoms with E-state index in [1.54, 1.807) is 6.92 Å². The van der Waals surface area contributed by atoms with Gasteiger partial charge in [0.15, 0.2) is 4.90 Å². The number of rotatable bonds is 4. The number of hydrogen-bond acceptors (Lipinski definition) is 6. The lowest BCUT2D eigenvalue weighted by Crippen LogP contribution is -2.46. The second-order valence-corrected chi connectivity index (χ2v) is 6.60. The summed E-state index contributed by atoms with van der Waals surface area (Å²) in [5, 5.41) is 10.9. The number of sulfonamides is 1. The van der Waals surface area contributed by atoms with Crippen LogP contribution in [-0.2, 0) is 14.8 Å². The van der Waals surface area contributed by atoms with Crippen LogP contribution in [-0.4, -0.2) is 32.1 Å². The highest BCUT2D eigenvalue weighted by atomic mass is 32.2. The van der Waals surface area contributed by atoms with Gasteiger partial charge in [-0.15, -0.1) is 0 Å². The summed E-state index contributed by atoms with van der Waals surface area (Å²) in [6.07, 6.45) is 0.502. The fraction of sp³-hybridized carbons (Fsp3) is 0.455. The minimum absolute atomic E-state index is 0.142. The Kier molecular flexibility index (Phi) is 3.67. The number of nitro groups is 1. The Hall–Kier alpha value is -1.71. The highest BCUT2D eigenvalue weighted by molar-refractivity contribution is 7.89. The molecule has 1 aromatic carbocycles. The molecule has 2 rings (SSSR count). The van der Waals surface area contributed by atoms with E-state index >= 15 is 0 Å². The number of benzene rings is 1. The van der Waals surface area contributed by atoms with Crippen molar-refractivity contribution in [3.05, 3.63) is 28.3 Å². The average Bonchev–Trinajstić information content (AvgIpc) is 2.74. The molecule has 0 radical (unpaired) electrons. The van der Waals surface area contributed by atoms with Gasteiger partial charge in [-0.3, -0.25) is 10.1 Å². The molecule has 0 spiro atoms. The van der Waals surface area contributed by atoms with E-state index in [9.17, 15) is 18.5 Å². The third kappa shape index (κ3) is 2.89. The van der Waals surface area contributed by atoms with Crippen LogP contribution in [0.3, 0.4) is 0 Å². The molecular weight excluding hydrogens is 286 g/mol. The maximum Gasteiger partial charge on any atom is 0.289 e. The van der Waals surface area contributed by atoms with E-state index in [0.29, 0.717) is 13.0 Å². The Labute approximate surface area is 116 Å². The fourth-order valence-corrected chi connectivity index (χ4v) is 3.65. The standard InChI is InChI=1S/C11H15N3O5S/c1-11(4-5-19-7-11)13-20(17,18)10-6-8(12)2-3-9(10)14(15)16/h2-3,6,13H,4-5,7,12H2,1H3. The number of ether oxygens (including phenoxy) is 1. The third-order valence-electron chi connectivity index (χ3n) is 3.07. The maximum absolute atomic E-state index is 12.3. The van der Waals surface area contributed by atoms with Crippen molar-refractivity contribution in [3.63, 3.8) is 0 Å². The van der Waals surface area contributed by atoms with Crippen LogP contribution in [0.15, 0.2) is 23.1 Å². The first-order chi connectivity index (χ1) is 9.23. The monoisotopic (exact) mass is 301 g/mol. The van der Waals surface area contributed by atoms with Crippen LogP contribution in [0, 0.1) is 10.1 Å². The number of nitrogens with two attached hydrogens (primary N) is 1. The first kappa shape index (κ1) is 14.7. The van der Waals surface area contributed by atoms with Crippen molar-refractivity contribution in [3.8, 4) is 0 Å². The Morgan fingerprint density at radius 1 is 1.50 bits per heavy atom. The van der Waals surface area contributed by atoms with Gasteiger partial charge in [-0.2, -0.15) is 0 Å². The van der Waals surface area contributed by atoms with Gasteiger partial charge < -0.3 is 10.5 Å². The minimum atomic E-state index is -4.05. The maximum atomic E-state index is 12.3. The topological polar surface area (TPSA) is 125 Å². The van der Waals surface area contributed by atoms with E-state index in [1.807, 2.05) is 0 Å². The Balaban J connectivity index is 2.43. The molecule has 8 nitrogen and oxygen atoms in total. The van der Waals surface area contributed by atoms with Crippen LogP contribution in [0.5, 0.6) is 0 Å². The van der Waals surface area contributed by atoms with Crippen LogP contribution in [0.25, 0.3) is 0 Å². The van der Waals surface area contributed by atoms with Gasteiger partial charge in [0.1, 0.15) is 0 Å². The second kappa shape index (κ2) is 5.00. The second-order valence-electron chi connectivity index (χ2n) is 4.95. The fourth-order valence-electron chi connectivity index (χ4n) is 2.02. The number of nitrogens with one attached hydrogen (secondary N) is 1. The number of nitro benzene ring substituents is 1. The molecule has 110 valence electrons. The third-order valence-corrected chi connectivity index (χ3v) is 4.74. The van der Waals surface area contributed by atoms with E-state index in [0.717, 1.165) is 12.1 Å². The van der Waals surface area contributed by atoms with Crippen molar-refractivity contribution < 1.29 is 18.1 Å². The van der Waals surface area contributed by atoms with Gasteiger partial charge >= 0.3 is 0 Å². The molecule has 1 unspecified atom stereocenters. The highest BCUT2D eigenvalue weighted by Gasteiger charge is 2.37. The summed E-state index contributed by atoms with van der Waals surface area (Å²) in [6, 6.07) is 3.45. The zero-order valence-corrected chi connectivity index (χ0v) is 11.6. The molecule has 1 aliphatic heterocycles. The summed E-state index contributed by atoms with van der Waals surface area (Å²) >= 11 is 0. The average molecular weight is 301 g/mol. The van der Waals surface area contributed by atoms with Gasteiger partial charge in [0.05, 0.1) is 17.1 Å². The van der Waals surface area contributed by atoms with Gasteiger partial charge in [-0.25, -0.2) is 13.1 Å². The lowest BCUT2D eigenvalue weighted by Gasteiger charge is -2.23. The molecular formula is C11H15N3O5S. The van der Waals surface area contributed by atoms with Crippen molar-refractivity contribution in [1.82, 2.24) is 4.72 Å². The zero-order valence-electron chi connectivity index (χ0n) is 10.8. The molecule has 1 fully saturated rings. The molecule has 0 aliphatic carbocycles. The molecule has 0 bridgehead atoms. The Bertz CT molecular complexity index is 637. The summed E-state index contributed by atoms with van der Waals surface area (Å²) in [7, 11) is -4.05. The molecule has 0 saturated carbocycles. The Morgan fingerprint density at radius 3 is 2.75 bits per heavy atom. The first-order valence-electron chi connectivity index (χ1n) is 5.89. The molecule has 0 amide bonds. The lowest BCUT2D eigenvalue weighted by molar-refractivity contribution is -0.387. The van der Waals surface area contributed by atoms with E-state index in [4.69, 9.17) is 10.5 Å². The van der Waals surface area contributed by atoms with Crippen LogP contribution >= 0.6 is 0 Å². The molecule has 1 heterocycles. The summed E-state index contributed by atoms with van der Waals surface area (Å²) in [4.78, 5) is 9.76. The quantitative estimate of drug-likeness (QED) is 0.477. The van der Waals surface area contributed by atoms with Crippen LogP contribution in [0.4, 0.5) is 11.4 Å². The molecule has 1 atom stereocenters. The number of hydrogen-bond donors (Lipinski definition) is 2. The van der Waals surface area contributed by atoms with Gasteiger partial charge in [-0.05, 0) is 25.5 Å². The zero-order chi connectivity index (χ0) is 15.0. The smallest absolute Gasteiger partial charge is 0.289 e. The Morgan fingerprint density at radius 2 is 2.20 bits per heavy atom. The summed E-state index contributed by atoms with van der Waals surface area (Å²) in [6.45, 7) is 2.36. The highest BCUT2D eigenvalue weighted by Crippen LogP contribution is 2.28. The summed E-state index contributed by atoms with van der Waals surface area (Å²) < 4.78 is 32.3. The molecule has 1 aromatic rings. The van der Waals surface area contributed by atoms with Crippen LogP contribution in [0.1, 0.15) is 13.3 Å². The van der Waals surface area contributed by atoms with Crippen molar-refractivity contribution in [2.45, 2.75) is 23.8 Å². The molecule has 3 N–H and O–H groups in total. The van der Waals surface area contributed by atoms with Crippen molar-refractivity contribution in [1.29, 1.82) is 0 Å². The molecule has 1 saturated heterocycles. The van der Waals surface area contributed by atoms with E-state index in [-0.39, 0.29) is 12.3 Å². The SMILES string of the molecule is CC1(NS(=O)(=O)c2cc(N)ccc2[N+](=O)[O-])CCOC1. The minimum Gasteiger partial charge on any atom is -0.399 e. The largest absolute Gasteiger partial charge is 0.399 e. The van der Waals surface area contributed by atoms with E-state index < -0.39 is 31.1 Å². The molecule has 20 heavy (non-hydrogen) atoms. The lowest BCUT2D eigenvalue weighted by atomic mass is 10.0. The van der Waals surface area contributed by atoms with Crippen LogP contribution in [0.2, 0.25) is 0 Å². The van der Waals surface area contributed by atoms with E-state index in [2.05, 4.69) is 4.72 Å². The number of nitrogens with zero attached hydrogens (tertiary/aromatic N) is 1.